The topological polar surface area (TPSA) is 68.1 Å². The maximum atomic E-state index is 10.8. The van der Waals surface area contributed by atoms with Crippen LogP contribution in [-0.2, 0) is 0 Å². The Kier molecular flexibility index (Phi) is 4.24. The summed E-state index contributed by atoms with van der Waals surface area (Å²) >= 11 is 5.82. The molecule has 1 heterocycles. The van der Waals surface area contributed by atoms with Crippen molar-refractivity contribution in [2.45, 2.75) is 39.2 Å². The van der Waals surface area contributed by atoms with Crippen LogP contribution in [0.15, 0.2) is 12.1 Å². The Hall–Kier alpha value is -1.36. The molecule has 1 N–H and O–H groups in total. The lowest BCUT2D eigenvalue weighted by atomic mass is 9.80. The maximum absolute atomic E-state index is 10.8. The van der Waals surface area contributed by atoms with E-state index >= 15 is 0 Å². The molecule has 3 unspecified atom stereocenters. The molecule has 0 radical (unpaired) electrons. The van der Waals surface area contributed by atoms with E-state index in [0.717, 1.165) is 12.3 Å². The molecule has 19 heavy (non-hydrogen) atoms. The van der Waals surface area contributed by atoms with E-state index in [9.17, 15) is 10.1 Å². The Morgan fingerprint density at radius 3 is 2.79 bits per heavy atom. The summed E-state index contributed by atoms with van der Waals surface area (Å²) in [6, 6.07) is 3.01. The van der Waals surface area contributed by atoms with Crippen molar-refractivity contribution in [2.24, 2.45) is 11.8 Å². The van der Waals surface area contributed by atoms with Gasteiger partial charge in [0.25, 0.3) is 5.69 Å². The van der Waals surface area contributed by atoms with E-state index in [1.807, 2.05) is 0 Å². The van der Waals surface area contributed by atoms with Crippen LogP contribution in [0.25, 0.3) is 0 Å². The van der Waals surface area contributed by atoms with E-state index in [4.69, 9.17) is 11.6 Å². The lowest BCUT2D eigenvalue weighted by molar-refractivity contribution is -0.384. The summed E-state index contributed by atoms with van der Waals surface area (Å²) in [4.78, 5) is 14.5. The summed E-state index contributed by atoms with van der Waals surface area (Å²) in [6.45, 7) is 4.46. The van der Waals surface area contributed by atoms with Crippen LogP contribution in [0.5, 0.6) is 0 Å². The van der Waals surface area contributed by atoms with Crippen LogP contribution >= 0.6 is 11.6 Å². The van der Waals surface area contributed by atoms with Crippen molar-refractivity contribution >= 4 is 23.1 Å². The first-order valence-corrected chi connectivity index (χ1v) is 6.92. The molecule has 5 nitrogen and oxygen atoms in total. The smallest absolute Gasteiger partial charge is 0.276 e. The van der Waals surface area contributed by atoms with Crippen LogP contribution in [0.3, 0.4) is 0 Å². The van der Waals surface area contributed by atoms with Gasteiger partial charge in [-0.2, -0.15) is 0 Å². The molecule has 1 aliphatic carbocycles. The van der Waals surface area contributed by atoms with Gasteiger partial charge >= 0.3 is 0 Å². The summed E-state index contributed by atoms with van der Waals surface area (Å²) in [5, 5.41) is 14.2. The van der Waals surface area contributed by atoms with Crippen molar-refractivity contribution in [1.82, 2.24) is 4.98 Å². The third-order valence-corrected chi connectivity index (χ3v) is 3.95. The summed E-state index contributed by atoms with van der Waals surface area (Å²) in [7, 11) is 0. The zero-order chi connectivity index (χ0) is 14.0. The molecule has 0 amide bonds. The minimum absolute atomic E-state index is 0.0284. The van der Waals surface area contributed by atoms with Gasteiger partial charge in [0.2, 0.25) is 0 Å². The molecule has 0 spiro atoms. The van der Waals surface area contributed by atoms with Gasteiger partial charge in [0, 0.05) is 6.04 Å². The van der Waals surface area contributed by atoms with Crippen LogP contribution in [0.2, 0.25) is 5.15 Å². The van der Waals surface area contributed by atoms with Gasteiger partial charge in [-0.15, -0.1) is 0 Å². The van der Waals surface area contributed by atoms with Crippen LogP contribution in [-0.4, -0.2) is 15.9 Å². The Labute approximate surface area is 117 Å². The zero-order valence-corrected chi connectivity index (χ0v) is 11.9. The predicted octanol–water partition coefficient (Wildman–Crippen LogP) is 3.88. The van der Waals surface area contributed by atoms with Gasteiger partial charge < -0.3 is 5.32 Å². The lowest BCUT2D eigenvalue weighted by Crippen LogP contribution is -2.33. The second-order valence-corrected chi connectivity index (χ2v) is 5.82. The van der Waals surface area contributed by atoms with Gasteiger partial charge in [-0.25, -0.2) is 4.98 Å². The summed E-state index contributed by atoms with van der Waals surface area (Å²) in [5.74, 6) is 1.77. The van der Waals surface area contributed by atoms with Gasteiger partial charge in [-0.1, -0.05) is 25.4 Å². The van der Waals surface area contributed by atoms with E-state index < -0.39 is 4.92 Å². The van der Waals surface area contributed by atoms with Gasteiger partial charge in [0.05, 0.1) is 17.1 Å². The minimum Gasteiger partial charge on any atom is -0.367 e. The average molecular weight is 284 g/mol. The largest absolute Gasteiger partial charge is 0.367 e. The van der Waals surface area contributed by atoms with E-state index in [1.54, 1.807) is 0 Å². The molecule has 3 atom stereocenters. The number of hydrogen-bond donors (Lipinski definition) is 1. The molecule has 1 fully saturated rings. The van der Waals surface area contributed by atoms with Crippen molar-refractivity contribution in [1.29, 1.82) is 0 Å². The maximum Gasteiger partial charge on any atom is 0.276 e. The number of nitrogens with one attached hydrogen (secondary N) is 1. The molecule has 104 valence electrons. The second-order valence-electron chi connectivity index (χ2n) is 5.44. The van der Waals surface area contributed by atoms with Crippen molar-refractivity contribution in [3.8, 4) is 0 Å². The fraction of sp³-hybridized carbons (Fsp3) is 0.615. The van der Waals surface area contributed by atoms with E-state index in [1.165, 1.54) is 25.0 Å². The number of anilines is 1. The number of pyridine rings is 1. The number of hydrogen-bond acceptors (Lipinski definition) is 4. The molecule has 6 heteroatoms. The molecule has 1 aliphatic rings. The lowest BCUT2D eigenvalue weighted by Gasteiger charge is -2.33. The molecule has 0 saturated heterocycles. The number of nitrogens with zero attached hydrogens (tertiary/aromatic N) is 2. The highest BCUT2D eigenvalue weighted by Gasteiger charge is 2.25. The molecular formula is C13H18ClN3O2. The second kappa shape index (κ2) is 5.74. The number of rotatable bonds is 3. The number of nitro groups is 1. The fourth-order valence-electron chi connectivity index (χ4n) is 2.73. The molecule has 1 saturated carbocycles. The summed E-state index contributed by atoms with van der Waals surface area (Å²) in [6.07, 6.45) is 3.40. The molecule has 0 aromatic carbocycles. The Bertz CT molecular complexity index is 481. The quantitative estimate of drug-likeness (QED) is 0.519. The highest BCUT2D eigenvalue weighted by molar-refractivity contribution is 6.29. The van der Waals surface area contributed by atoms with E-state index in [0.29, 0.717) is 17.8 Å². The van der Waals surface area contributed by atoms with Crippen molar-refractivity contribution in [3.05, 3.63) is 27.4 Å². The minimum atomic E-state index is -0.453. The third kappa shape index (κ3) is 3.56. The monoisotopic (exact) mass is 283 g/mol. The van der Waals surface area contributed by atoms with E-state index in [-0.39, 0.29) is 10.8 Å². The van der Waals surface area contributed by atoms with Crippen LogP contribution in [0.1, 0.15) is 33.1 Å². The Balaban J connectivity index is 2.12. The van der Waals surface area contributed by atoms with Crippen molar-refractivity contribution in [3.63, 3.8) is 0 Å². The predicted molar refractivity (Wildman–Crippen MR) is 75.5 cm³/mol. The average Bonchev–Trinajstić information content (AvgIpc) is 2.32. The fourth-order valence-corrected chi connectivity index (χ4v) is 2.94. The van der Waals surface area contributed by atoms with Crippen molar-refractivity contribution < 1.29 is 4.92 Å². The number of aromatic nitrogens is 1. The zero-order valence-electron chi connectivity index (χ0n) is 11.1. The van der Waals surface area contributed by atoms with Crippen LogP contribution in [0.4, 0.5) is 11.5 Å². The van der Waals surface area contributed by atoms with Gasteiger partial charge in [0.15, 0.2) is 0 Å². The van der Waals surface area contributed by atoms with Gasteiger partial charge in [-0.05, 0) is 31.1 Å². The SMILES string of the molecule is CC1CCC(Nc2cc([N+](=O)[O-])cc(Cl)n2)C(C)C1. The van der Waals surface area contributed by atoms with Crippen LogP contribution < -0.4 is 5.32 Å². The van der Waals surface area contributed by atoms with Crippen LogP contribution in [0, 0.1) is 22.0 Å². The molecule has 0 aliphatic heterocycles. The third-order valence-electron chi connectivity index (χ3n) is 3.75. The van der Waals surface area contributed by atoms with Gasteiger partial charge in [0.1, 0.15) is 11.0 Å². The molecular weight excluding hydrogens is 266 g/mol. The molecule has 2 rings (SSSR count). The Morgan fingerprint density at radius 1 is 1.42 bits per heavy atom. The van der Waals surface area contributed by atoms with Gasteiger partial charge in [-0.3, -0.25) is 10.1 Å². The van der Waals surface area contributed by atoms with Crippen molar-refractivity contribution in [2.75, 3.05) is 5.32 Å². The highest BCUT2D eigenvalue weighted by atomic mass is 35.5. The highest BCUT2D eigenvalue weighted by Crippen LogP contribution is 2.31. The first kappa shape index (κ1) is 14.1. The first-order valence-electron chi connectivity index (χ1n) is 6.54. The molecule has 0 bridgehead atoms. The molecule has 1 aromatic rings. The summed E-state index contributed by atoms with van der Waals surface area (Å²) < 4.78 is 0. The normalized spacial score (nSPS) is 27.0. The first-order chi connectivity index (χ1) is 8.95. The molecule has 1 aromatic heterocycles. The number of halogens is 1. The Morgan fingerprint density at radius 2 is 2.16 bits per heavy atom. The standard InChI is InChI=1S/C13H18ClN3O2/c1-8-3-4-11(9(2)5-8)15-13-7-10(17(18)19)6-12(14)16-13/h6-9,11H,3-5H2,1-2H3,(H,15,16). The summed E-state index contributed by atoms with van der Waals surface area (Å²) in [5.41, 5.74) is -0.0284. The van der Waals surface area contributed by atoms with E-state index in [2.05, 4.69) is 24.1 Å².